The maximum Gasteiger partial charge on any atom is 0.293 e. The van der Waals surface area contributed by atoms with Gasteiger partial charge in [-0.25, -0.2) is 4.98 Å². The second-order valence-electron chi connectivity index (χ2n) is 5.34. The van der Waals surface area contributed by atoms with Crippen LogP contribution in [0.2, 0.25) is 0 Å². The van der Waals surface area contributed by atoms with Gasteiger partial charge in [0, 0.05) is 19.5 Å². The summed E-state index contributed by atoms with van der Waals surface area (Å²) in [6, 6.07) is 0. The van der Waals surface area contributed by atoms with Crippen LogP contribution in [-0.4, -0.2) is 39.1 Å². The second-order valence-corrected chi connectivity index (χ2v) is 5.34. The van der Waals surface area contributed by atoms with Crippen molar-refractivity contribution in [3.05, 3.63) is 11.6 Å². The largest absolute Gasteiger partial charge is 0.336 e. The van der Waals surface area contributed by atoms with Crippen LogP contribution < -0.4 is 0 Å². The first-order valence-corrected chi connectivity index (χ1v) is 7.45. The lowest BCUT2D eigenvalue weighted by atomic mass is 9.96. The highest BCUT2D eigenvalue weighted by atomic mass is 16.2. The molecule has 1 fully saturated rings. The molecular formula is C14H24N4O. The van der Waals surface area contributed by atoms with Gasteiger partial charge in [0.25, 0.3) is 5.91 Å². The fourth-order valence-electron chi connectivity index (χ4n) is 2.76. The molecule has 1 aliphatic heterocycles. The molecule has 0 saturated carbocycles. The van der Waals surface area contributed by atoms with Gasteiger partial charge in [-0.15, -0.1) is 5.10 Å². The van der Waals surface area contributed by atoms with E-state index < -0.39 is 0 Å². The molecule has 0 bridgehead atoms. The number of carbonyl (C=O) groups excluding carboxylic acids is 1. The van der Waals surface area contributed by atoms with E-state index in [4.69, 9.17) is 0 Å². The van der Waals surface area contributed by atoms with Gasteiger partial charge in [-0.1, -0.05) is 26.7 Å². The van der Waals surface area contributed by atoms with E-state index >= 15 is 0 Å². The first kappa shape index (κ1) is 14.0. The van der Waals surface area contributed by atoms with Crippen LogP contribution >= 0.6 is 0 Å². The number of rotatable bonds is 4. The summed E-state index contributed by atoms with van der Waals surface area (Å²) in [6.07, 6.45) is 6.75. The third-order valence-electron chi connectivity index (χ3n) is 3.89. The highest BCUT2D eigenvalue weighted by Crippen LogP contribution is 2.22. The Kier molecular flexibility index (Phi) is 4.93. The number of aromatic amines is 1. The molecule has 5 heteroatoms. The van der Waals surface area contributed by atoms with Gasteiger partial charge in [0.05, 0.1) is 0 Å². The quantitative estimate of drug-likeness (QED) is 0.908. The van der Waals surface area contributed by atoms with E-state index in [1.54, 1.807) is 0 Å². The standard InChI is InChI=1S/C14H24N4O/c1-3-6-11-7-5-9-18(10-8-11)14(19)13-15-12(4-2)16-17-13/h11H,3-10H2,1-2H3,(H,15,16,17). The smallest absolute Gasteiger partial charge is 0.293 e. The van der Waals surface area contributed by atoms with Crippen molar-refractivity contribution < 1.29 is 4.79 Å². The zero-order chi connectivity index (χ0) is 13.7. The molecule has 0 aromatic carbocycles. The van der Waals surface area contributed by atoms with Crippen LogP contribution in [0.15, 0.2) is 0 Å². The second kappa shape index (κ2) is 6.68. The summed E-state index contributed by atoms with van der Waals surface area (Å²) in [4.78, 5) is 18.5. The maximum atomic E-state index is 12.3. The molecule has 0 radical (unpaired) electrons. The van der Waals surface area contributed by atoms with Crippen molar-refractivity contribution in [2.75, 3.05) is 13.1 Å². The molecule has 1 aromatic rings. The van der Waals surface area contributed by atoms with Crippen LogP contribution in [0.5, 0.6) is 0 Å². The summed E-state index contributed by atoms with van der Waals surface area (Å²) in [5.74, 6) is 1.86. The van der Waals surface area contributed by atoms with Crippen molar-refractivity contribution >= 4 is 5.91 Å². The molecule has 1 aromatic heterocycles. The molecule has 0 aliphatic carbocycles. The Hall–Kier alpha value is -1.39. The summed E-state index contributed by atoms with van der Waals surface area (Å²) in [5, 5.41) is 6.83. The number of hydrogen-bond donors (Lipinski definition) is 1. The molecule has 19 heavy (non-hydrogen) atoms. The number of nitrogens with zero attached hydrogens (tertiary/aromatic N) is 3. The van der Waals surface area contributed by atoms with Gasteiger partial charge >= 0.3 is 0 Å². The Balaban J connectivity index is 1.95. The summed E-state index contributed by atoms with van der Waals surface area (Å²) in [7, 11) is 0. The van der Waals surface area contributed by atoms with E-state index in [9.17, 15) is 4.79 Å². The molecule has 1 aliphatic rings. The molecule has 2 rings (SSSR count). The number of aromatic nitrogens is 3. The van der Waals surface area contributed by atoms with Gasteiger partial charge in [-0.05, 0) is 25.2 Å². The average Bonchev–Trinajstić information content (AvgIpc) is 2.79. The number of carbonyl (C=O) groups is 1. The number of hydrogen-bond acceptors (Lipinski definition) is 3. The van der Waals surface area contributed by atoms with E-state index in [1.165, 1.54) is 19.3 Å². The van der Waals surface area contributed by atoms with E-state index in [2.05, 4.69) is 22.1 Å². The van der Waals surface area contributed by atoms with Gasteiger partial charge in [0.2, 0.25) is 5.82 Å². The van der Waals surface area contributed by atoms with E-state index in [-0.39, 0.29) is 5.91 Å². The fourth-order valence-corrected chi connectivity index (χ4v) is 2.76. The molecule has 1 atom stereocenters. The molecular weight excluding hydrogens is 240 g/mol. The number of nitrogens with one attached hydrogen (secondary N) is 1. The lowest BCUT2D eigenvalue weighted by molar-refractivity contribution is 0.0748. The van der Waals surface area contributed by atoms with Crippen molar-refractivity contribution in [1.82, 2.24) is 20.1 Å². The fraction of sp³-hybridized carbons (Fsp3) is 0.786. The normalized spacial score (nSPS) is 20.3. The first-order valence-electron chi connectivity index (χ1n) is 7.45. The average molecular weight is 264 g/mol. The van der Waals surface area contributed by atoms with Gasteiger partial charge in [0.1, 0.15) is 5.82 Å². The molecule has 1 amide bonds. The van der Waals surface area contributed by atoms with Crippen molar-refractivity contribution in [1.29, 1.82) is 0 Å². The molecule has 106 valence electrons. The minimum Gasteiger partial charge on any atom is -0.336 e. The molecule has 1 unspecified atom stereocenters. The lowest BCUT2D eigenvalue weighted by Crippen LogP contribution is -2.32. The topological polar surface area (TPSA) is 61.9 Å². The van der Waals surface area contributed by atoms with E-state index in [0.717, 1.165) is 44.1 Å². The number of aryl methyl sites for hydroxylation is 1. The predicted molar refractivity (Wildman–Crippen MR) is 73.9 cm³/mol. The third kappa shape index (κ3) is 3.55. The number of H-pyrrole nitrogens is 1. The summed E-state index contributed by atoms with van der Waals surface area (Å²) < 4.78 is 0. The highest BCUT2D eigenvalue weighted by molar-refractivity contribution is 5.90. The minimum absolute atomic E-state index is 0.0203. The molecule has 1 saturated heterocycles. The first-order chi connectivity index (χ1) is 9.24. The van der Waals surface area contributed by atoms with E-state index in [1.807, 2.05) is 11.8 Å². The van der Waals surface area contributed by atoms with Crippen LogP contribution in [0.3, 0.4) is 0 Å². The van der Waals surface area contributed by atoms with Crippen molar-refractivity contribution in [3.63, 3.8) is 0 Å². The Morgan fingerprint density at radius 2 is 2.21 bits per heavy atom. The number of amides is 1. The van der Waals surface area contributed by atoms with Crippen LogP contribution in [0, 0.1) is 5.92 Å². The summed E-state index contributed by atoms with van der Waals surface area (Å²) in [5.41, 5.74) is 0. The van der Waals surface area contributed by atoms with Crippen LogP contribution in [0.25, 0.3) is 0 Å². The van der Waals surface area contributed by atoms with Crippen LogP contribution in [0.4, 0.5) is 0 Å². The zero-order valence-electron chi connectivity index (χ0n) is 12.0. The van der Waals surface area contributed by atoms with Crippen LogP contribution in [0.1, 0.15) is 62.4 Å². The number of likely N-dealkylation sites (tertiary alicyclic amines) is 1. The molecule has 0 spiro atoms. The van der Waals surface area contributed by atoms with Gasteiger partial charge < -0.3 is 4.90 Å². The van der Waals surface area contributed by atoms with Crippen molar-refractivity contribution in [3.8, 4) is 0 Å². The molecule has 2 heterocycles. The third-order valence-corrected chi connectivity index (χ3v) is 3.89. The Morgan fingerprint density at radius 3 is 2.89 bits per heavy atom. The Bertz CT molecular complexity index is 415. The summed E-state index contributed by atoms with van der Waals surface area (Å²) >= 11 is 0. The van der Waals surface area contributed by atoms with Gasteiger partial charge in [-0.3, -0.25) is 9.89 Å². The van der Waals surface area contributed by atoms with Crippen molar-refractivity contribution in [2.45, 2.75) is 52.4 Å². The minimum atomic E-state index is -0.0203. The summed E-state index contributed by atoms with van der Waals surface area (Å²) in [6.45, 7) is 5.92. The molecule has 1 N–H and O–H groups in total. The SMILES string of the molecule is CCCC1CCCN(C(=O)c2n[nH]c(CC)n2)CC1. The zero-order valence-corrected chi connectivity index (χ0v) is 12.0. The van der Waals surface area contributed by atoms with E-state index in [0.29, 0.717) is 5.82 Å². The maximum absolute atomic E-state index is 12.3. The van der Waals surface area contributed by atoms with Gasteiger partial charge in [-0.2, -0.15) is 0 Å². The monoisotopic (exact) mass is 264 g/mol. The van der Waals surface area contributed by atoms with Crippen LogP contribution in [-0.2, 0) is 6.42 Å². The lowest BCUT2D eigenvalue weighted by Gasteiger charge is -2.18. The van der Waals surface area contributed by atoms with Crippen molar-refractivity contribution in [2.24, 2.45) is 5.92 Å². The molecule has 5 nitrogen and oxygen atoms in total. The predicted octanol–water partition coefficient (Wildman–Crippen LogP) is 2.41. The highest BCUT2D eigenvalue weighted by Gasteiger charge is 2.23. The Morgan fingerprint density at radius 1 is 1.37 bits per heavy atom. The van der Waals surface area contributed by atoms with Gasteiger partial charge in [0.15, 0.2) is 0 Å². The Labute approximate surface area is 114 Å².